The zero-order valence-corrected chi connectivity index (χ0v) is 12.2. The van der Waals surface area contributed by atoms with E-state index in [9.17, 15) is 9.59 Å². The molecule has 0 unspecified atom stereocenters. The van der Waals surface area contributed by atoms with E-state index in [2.05, 4.69) is 5.32 Å². The molecule has 4 nitrogen and oxygen atoms in total. The van der Waals surface area contributed by atoms with E-state index in [-0.39, 0.29) is 5.91 Å². The number of esters is 1. The largest absolute Gasteiger partial charge is 0.423 e. The van der Waals surface area contributed by atoms with Crippen LogP contribution in [0.15, 0.2) is 48.5 Å². The number of carbonyl (C=O) groups excluding carboxylic acids is 2. The van der Waals surface area contributed by atoms with Crippen LogP contribution in [-0.4, -0.2) is 11.9 Å². The lowest BCUT2D eigenvalue weighted by molar-refractivity contribution is -0.119. The van der Waals surface area contributed by atoms with Gasteiger partial charge >= 0.3 is 5.97 Å². The number of halogens is 1. The van der Waals surface area contributed by atoms with Gasteiger partial charge in [-0.1, -0.05) is 23.7 Å². The fraction of sp³-hybridized carbons (Fsp3) is 0.125. The van der Waals surface area contributed by atoms with E-state index in [0.717, 1.165) is 5.56 Å². The van der Waals surface area contributed by atoms with Gasteiger partial charge in [0.2, 0.25) is 5.91 Å². The summed E-state index contributed by atoms with van der Waals surface area (Å²) in [6, 6.07) is 13.4. The summed E-state index contributed by atoms with van der Waals surface area (Å²) >= 11 is 5.76. The quantitative estimate of drug-likeness (QED) is 0.697. The van der Waals surface area contributed by atoms with Gasteiger partial charge in [0.05, 0.1) is 5.56 Å². The molecule has 21 heavy (non-hydrogen) atoms. The molecule has 0 radical (unpaired) electrons. The molecule has 0 atom stereocenters. The predicted octanol–water partition coefficient (Wildman–Crippen LogP) is 3.20. The highest BCUT2D eigenvalue weighted by molar-refractivity contribution is 6.30. The Hall–Kier alpha value is -2.33. The molecule has 2 rings (SSSR count). The van der Waals surface area contributed by atoms with Crippen molar-refractivity contribution in [3.05, 3.63) is 64.7 Å². The van der Waals surface area contributed by atoms with Crippen molar-refractivity contribution < 1.29 is 14.3 Å². The second-order valence-electron chi connectivity index (χ2n) is 4.45. The Morgan fingerprint density at radius 2 is 1.67 bits per heavy atom. The summed E-state index contributed by atoms with van der Waals surface area (Å²) in [6.07, 6.45) is 0. The van der Waals surface area contributed by atoms with Crippen LogP contribution in [0.2, 0.25) is 5.02 Å². The second kappa shape index (κ2) is 6.90. The summed E-state index contributed by atoms with van der Waals surface area (Å²) in [4.78, 5) is 22.8. The van der Waals surface area contributed by atoms with Gasteiger partial charge in [0.15, 0.2) is 0 Å². The van der Waals surface area contributed by atoms with Crippen molar-refractivity contribution in [2.75, 3.05) is 0 Å². The average Bonchev–Trinajstić information content (AvgIpc) is 2.48. The first-order chi connectivity index (χ1) is 10.0. The minimum atomic E-state index is -0.441. The Balaban J connectivity index is 1.99. The zero-order valence-electron chi connectivity index (χ0n) is 11.4. The highest BCUT2D eigenvalue weighted by atomic mass is 35.5. The smallest absolute Gasteiger partial charge is 0.343 e. The lowest BCUT2D eigenvalue weighted by Crippen LogP contribution is -2.18. The Bertz CT molecular complexity index is 636. The van der Waals surface area contributed by atoms with Crippen molar-refractivity contribution in [3.8, 4) is 5.75 Å². The topological polar surface area (TPSA) is 55.4 Å². The highest BCUT2D eigenvalue weighted by Gasteiger charge is 2.08. The molecule has 0 aliphatic rings. The molecule has 2 aromatic carbocycles. The fourth-order valence-electron chi connectivity index (χ4n) is 1.65. The van der Waals surface area contributed by atoms with Crippen molar-refractivity contribution in [2.24, 2.45) is 0 Å². The van der Waals surface area contributed by atoms with Crippen molar-refractivity contribution in [2.45, 2.75) is 13.5 Å². The zero-order chi connectivity index (χ0) is 15.2. The Kier molecular flexibility index (Phi) is 4.95. The molecular formula is C16H14ClNO3. The van der Waals surface area contributed by atoms with Gasteiger partial charge in [0.25, 0.3) is 0 Å². The Labute approximate surface area is 127 Å². The van der Waals surface area contributed by atoms with Crippen LogP contribution < -0.4 is 10.1 Å². The molecule has 0 aromatic heterocycles. The average molecular weight is 304 g/mol. The van der Waals surface area contributed by atoms with E-state index in [1.54, 1.807) is 48.5 Å². The Morgan fingerprint density at radius 1 is 1.05 bits per heavy atom. The van der Waals surface area contributed by atoms with Gasteiger partial charge in [-0.05, 0) is 42.0 Å². The number of hydrogen-bond acceptors (Lipinski definition) is 3. The lowest BCUT2D eigenvalue weighted by Gasteiger charge is -2.06. The molecule has 0 aliphatic carbocycles. The number of hydrogen-bond donors (Lipinski definition) is 1. The number of benzene rings is 2. The van der Waals surface area contributed by atoms with Gasteiger partial charge in [0, 0.05) is 18.5 Å². The van der Waals surface area contributed by atoms with Crippen LogP contribution in [-0.2, 0) is 11.3 Å². The monoisotopic (exact) mass is 303 g/mol. The third kappa shape index (κ3) is 4.61. The van der Waals surface area contributed by atoms with Gasteiger partial charge in [-0.2, -0.15) is 0 Å². The normalized spacial score (nSPS) is 10.0. The molecule has 1 N–H and O–H groups in total. The lowest BCUT2D eigenvalue weighted by atomic mass is 10.1. The van der Waals surface area contributed by atoms with Crippen LogP contribution in [0.5, 0.6) is 5.75 Å². The van der Waals surface area contributed by atoms with Gasteiger partial charge in [0.1, 0.15) is 5.75 Å². The van der Waals surface area contributed by atoms with E-state index in [0.29, 0.717) is 22.9 Å². The van der Waals surface area contributed by atoms with Crippen LogP contribution >= 0.6 is 11.6 Å². The molecule has 0 heterocycles. The first kappa shape index (κ1) is 15.1. The SMILES string of the molecule is CC(=O)NCc1ccc(C(=O)Oc2ccc(Cl)cc2)cc1. The van der Waals surface area contributed by atoms with Crippen LogP contribution in [0.4, 0.5) is 0 Å². The maximum atomic E-state index is 12.0. The summed E-state index contributed by atoms with van der Waals surface area (Å²) in [5.74, 6) is -0.101. The molecule has 5 heteroatoms. The van der Waals surface area contributed by atoms with E-state index >= 15 is 0 Å². The van der Waals surface area contributed by atoms with Gasteiger partial charge in [-0.3, -0.25) is 4.79 Å². The molecule has 0 fully saturated rings. The molecule has 0 saturated heterocycles. The van der Waals surface area contributed by atoms with E-state index in [1.165, 1.54) is 6.92 Å². The maximum Gasteiger partial charge on any atom is 0.343 e. The van der Waals surface area contributed by atoms with Crippen LogP contribution in [0.3, 0.4) is 0 Å². The number of carbonyl (C=O) groups is 2. The standard InChI is InChI=1S/C16H14ClNO3/c1-11(19)18-10-12-2-4-13(5-3-12)16(20)21-15-8-6-14(17)7-9-15/h2-9H,10H2,1H3,(H,18,19). The van der Waals surface area contributed by atoms with Crippen molar-refractivity contribution in [1.29, 1.82) is 0 Å². The van der Waals surface area contributed by atoms with E-state index in [4.69, 9.17) is 16.3 Å². The maximum absolute atomic E-state index is 12.0. The molecular weight excluding hydrogens is 290 g/mol. The van der Waals surface area contributed by atoms with Crippen molar-refractivity contribution >= 4 is 23.5 Å². The molecule has 108 valence electrons. The van der Waals surface area contributed by atoms with Gasteiger partial charge < -0.3 is 10.1 Å². The fourth-order valence-corrected chi connectivity index (χ4v) is 1.78. The number of rotatable bonds is 4. The highest BCUT2D eigenvalue weighted by Crippen LogP contribution is 2.17. The first-order valence-electron chi connectivity index (χ1n) is 6.36. The van der Waals surface area contributed by atoms with Crippen LogP contribution in [0.25, 0.3) is 0 Å². The third-order valence-electron chi connectivity index (χ3n) is 2.76. The first-order valence-corrected chi connectivity index (χ1v) is 6.73. The summed E-state index contributed by atoms with van der Waals surface area (Å²) < 4.78 is 5.23. The van der Waals surface area contributed by atoms with E-state index in [1.807, 2.05) is 0 Å². The van der Waals surface area contributed by atoms with Gasteiger partial charge in [-0.25, -0.2) is 4.79 Å². The van der Waals surface area contributed by atoms with Gasteiger partial charge in [-0.15, -0.1) is 0 Å². The van der Waals surface area contributed by atoms with Crippen LogP contribution in [0.1, 0.15) is 22.8 Å². The molecule has 0 saturated carbocycles. The molecule has 2 aromatic rings. The molecule has 1 amide bonds. The van der Waals surface area contributed by atoms with Crippen LogP contribution in [0, 0.1) is 0 Å². The number of amides is 1. The third-order valence-corrected chi connectivity index (χ3v) is 3.01. The summed E-state index contributed by atoms with van der Waals surface area (Å²) in [7, 11) is 0. The van der Waals surface area contributed by atoms with Crippen molar-refractivity contribution in [1.82, 2.24) is 5.32 Å². The van der Waals surface area contributed by atoms with E-state index < -0.39 is 5.97 Å². The van der Waals surface area contributed by atoms with Crippen molar-refractivity contribution in [3.63, 3.8) is 0 Å². The summed E-state index contributed by atoms with van der Waals surface area (Å²) in [6.45, 7) is 1.89. The summed E-state index contributed by atoms with van der Waals surface area (Å²) in [5.41, 5.74) is 1.35. The predicted molar refractivity (Wildman–Crippen MR) is 80.4 cm³/mol. The molecule has 0 bridgehead atoms. The molecule has 0 aliphatic heterocycles. The second-order valence-corrected chi connectivity index (χ2v) is 4.89. The molecule has 0 spiro atoms. The minimum absolute atomic E-state index is 0.0961. The summed E-state index contributed by atoms with van der Waals surface area (Å²) in [5, 5.41) is 3.27. The Morgan fingerprint density at radius 3 is 2.24 bits per heavy atom. The number of nitrogens with one attached hydrogen (secondary N) is 1. The number of ether oxygens (including phenoxy) is 1. The minimum Gasteiger partial charge on any atom is -0.423 e.